The van der Waals surface area contributed by atoms with E-state index < -0.39 is 0 Å². The smallest absolute Gasteiger partial charge is 0.191 e. The molecule has 18 heavy (non-hydrogen) atoms. The standard InChI is InChI=1S/C13H27N3OS/c1-4-14-13(15-9-10(2)18-3)16-11-5-7-12(17)8-6-11/h10-12,17H,4-9H2,1-3H3,(H2,14,15,16). The van der Waals surface area contributed by atoms with E-state index in [1.165, 1.54) is 0 Å². The Morgan fingerprint density at radius 3 is 2.61 bits per heavy atom. The Balaban J connectivity index is 2.41. The zero-order valence-electron chi connectivity index (χ0n) is 11.8. The van der Waals surface area contributed by atoms with Crippen molar-refractivity contribution >= 4 is 17.7 Å². The first-order valence-corrected chi connectivity index (χ1v) is 8.20. The lowest BCUT2D eigenvalue weighted by Gasteiger charge is -2.27. The molecule has 1 unspecified atom stereocenters. The largest absolute Gasteiger partial charge is 0.393 e. The van der Waals surface area contributed by atoms with E-state index in [2.05, 4.69) is 35.7 Å². The normalized spacial score (nSPS) is 26.8. The van der Waals surface area contributed by atoms with E-state index in [-0.39, 0.29) is 6.10 Å². The minimum Gasteiger partial charge on any atom is -0.393 e. The number of thioether (sulfide) groups is 1. The molecule has 0 amide bonds. The molecule has 0 spiro atoms. The van der Waals surface area contributed by atoms with Crippen molar-refractivity contribution in [2.45, 2.75) is 56.9 Å². The van der Waals surface area contributed by atoms with Gasteiger partial charge in [0.15, 0.2) is 5.96 Å². The molecule has 1 fully saturated rings. The fraction of sp³-hybridized carbons (Fsp3) is 0.923. The van der Waals surface area contributed by atoms with Crippen LogP contribution in [0.25, 0.3) is 0 Å². The predicted octanol–water partition coefficient (Wildman–Crippen LogP) is 1.60. The molecule has 0 radical (unpaired) electrons. The molecule has 4 nitrogen and oxygen atoms in total. The van der Waals surface area contributed by atoms with Crippen molar-refractivity contribution in [1.29, 1.82) is 0 Å². The number of aliphatic imine (C=N–C) groups is 1. The van der Waals surface area contributed by atoms with Gasteiger partial charge in [0, 0.05) is 17.8 Å². The van der Waals surface area contributed by atoms with E-state index >= 15 is 0 Å². The lowest BCUT2D eigenvalue weighted by atomic mass is 9.93. The fourth-order valence-corrected chi connectivity index (χ4v) is 2.25. The predicted molar refractivity (Wildman–Crippen MR) is 80.4 cm³/mol. The van der Waals surface area contributed by atoms with Crippen molar-refractivity contribution < 1.29 is 5.11 Å². The van der Waals surface area contributed by atoms with Crippen molar-refractivity contribution in [2.75, 3.05) is 19.3 Å². The Hall–Kier alpha value is -0.420. The van der Waals surface area contributed by atoms with Gasteiger partial charge in [-0.25, -0.2) is 0 Å². The van der Waals surface area contributed by atoms with E-state index in [0.717, 1.165) is 44.7 Å². The second kappa shape index (κ2) is 8.64. The van der Waals surface area contributed by atoms with Gasteiger partial charge in [-0.15, -0.1) is 0 Å². The highest BCUT2D eigenvalue weighted by Crippen LogP contribution is 2.18. The molecule has 0 aliphatic heterocycles. The lowest BCUT2D eigenvalue weighted by molar-refractivity contribution is 0.120. The fourth-order valence-electron chi connectivity index (χ4n) is 2.03. The minimum atomic E-state index is -0.0981. The van der Waals surface area contributed by atoms with Gasteiger partial charge in [0.25, 0.3) is 0 Å². The summed E-state index contributed by atoms with van der Waals surface area (Å²) in [5, 5.41) is 16.8. The zero-order chi connectivity index (χ0) is 13.4. The number of hydrogen-bond donors (Lipinski definition) is 3. The third kappa shape index (κ3) is 5.96. The van der Waals surface area contributed by atoms with Gasteiger partial charge < -0.3 is 15.7 Å². The van der Waals surface area contributed by atoms with Gasteiger partial charge in [0.05, 0.1) is 12.6 Å². The van der Waals surface area contributed by atoms with E-state index in [1.54, 1.807) is 0 Å². The molecule has 0 heterocycles. The van der Waals surface area contributed by atoms with Crippen LogP contribution >= 0.6 is 11.8 Å². The molecular formula is C13H27N3OS. The Bertz CT molecular complexity index is 253. The second-order valence-electron chi connectivity index (χ2n) is 4.92. The van der Waals surface area contributed by atoms with Gasteiger partial charge in [-0.2, -0.15) is 11.8 Å². The number of nitrogens with one attached hydrogen (secondary N) is 2. The Morgan fingerprint density at radius 2 is 2.06 bits per heavy atom. The number of guanidine groups is 1. The van der Waals surface area contributed by atoms with E-state index in [0.29, 0.717) is 11.3 Å². The minimum absolute atomic E-state index is 0.0981. The van der Waals surface area contributed by atoms with Gasteiger partial charge in [0.1, 0.15) is 0 Å². The van der Waals surface area contributed by atoms with Crippen molar-refractivity contribution in [1.82, 2.24) is 10.6 Å². The van der Waals surface area contributed by atoms with Crippen LogP contribution in [0.15, 0.2) is 4.99 Å². The average Bonchev–Trinajstić information content (AvgIpc) is 2.38. The van der Waals surface area contributed by atoms with Gasteiger partial charge in [0.2, 0.25) is 0 Å². The molecule has 5 heteroatoms. The third-order valence-electron chi connectivity index (χ3n) is 3.29. The van der Waals surface area contributed by atoms with Gasteiger partial charge in [-0.1, -0.05) is 6.92 Å². The number of hydrogen-bond acceptors (Lipinski definition) is 3. The average molecular weight is 273 g/mol. The summed E-state index contributed by atoms with van der Waals surface area (Å²) in [6.07, 6.45) is 5.88. The molecule has 0 aromatic rings. The van der Waals surface area contributed by atoms with Gasteiger partial charge in [-0.3, -0.25) is 4.99 Å². The van der Waals surface area contributed by atoms with Crippen LogP contribution in [0.1, 0.15) is 39.5 Å². The van der Waals surface area contributed by atoms with Crippen LogP contribution in [0.5, 0.6) is 0 Å². The Morgan fingerprint density at radius 1 is 1.39 bits per heavy atom. The number of aliphatic hydroxyl groups excluding tert-OH is 1. The molecule has 1 rings (SSSR count). The summed E-state index contributed by atoms with van der Waals surface area (Å²) in [6.45, 7) is 6.00. The molecule has 0 aromatic carbocycles. The quantitative estimate of drug-likeness (QED) is 0.526. The van der Waals surface area contributed by atoms with Crippen LogP contribution < -0.4 is 10.6 Å². The molecule has 0 aromatic heterocycles. The van der Waals surface area contributed by atoms with Crippen molar-refractivity contribution in [2.24, 2.45) is 4.99 Å². The number of aliphatic hydroxyl groups is 1. The van der Waals surface area contributed by atoms with Crippen molar-refractivity contribution in [3.63, 3.8) is 0 Å². The van der Waals surface area contributed by atoms with Crippen LogP contribution in [-0.2, 0) is 0 Å². The molecule has 106 valence electrons. The highest BCUT2D eigenvalue weighted by molar-refractivity contribution is 7.99. The monoisotopic (exact) mass is 273 g/mol. The van der Waals surface area contributed by atoms with Gasteiger partial charge >= 0.3 is 0 Å². The van der Waals surface area contributed by atoms with E-state index in [4.69, 9.17) is 0 Å². The van der Waals surface area contributed by atoms with E-state index in [1.807, 2.05) is 11.8 Å². The van der Waals surface area contributed by atoms with Crippen molar-refractivity contribution in [3.8, 4) is 0 Å². The maximum Gasteiger partial charge on any atom is 0.191 e. The topological polar surface area (TPSA) is 56.7 Å². The highest BCUT2D eigenvalue weighted by Gasteiger charge is 2.19. The highest BCUT2D eigenvalue weighted by atomic mass is 32.2. The molecule has 3 N–H and O–H groups in total. The molecular weight excluding hydrogens is 246 g/mol. The van der Waals surface area contributed by atoms with Crippen LogP contribution in [0.2, 0.25) is 0 Å². The van der Waals surface area contributed by atoms with E-state index in [9.17, 15) is 5.11 Å². The summed E-state index contributed by atoms with van der Waals surface area (Å²) in [7, 11) is 0. The summed E-state index contributed by atoms with van der Waals surface area (Å²) in [4.78, 5) is 4.61. The maximum atomic E-state index is 9.50. The Kier molecular flexibility index (Phi) is 7.51. The molecule has 0 bridgehead atoms. The molecule has 1 atom stereocenters. The van der Waals surface area contributed by atoms with Gasteiger partial charge in [-0.05, 0) is 38.9 Å². The third-order valence-corrected chi connectivity index (χ3v) is 4.24. The SMILES string of the molecule is CCNC(=NCC(C)SC)NC1CCC(O)CC1. The number of nitrogens with zero attached hydrogens (tertiary/aromatic N) is 1. The lowest BCUT2D eigenvalue weighted by Crippen LogP contribution is -2.45. The Labute approximate surface area is 115 Å². The van der Waals surface area contributed by atoms with Crippen LogP contribution in [0.3, 0.4) is 0 Å². The first-order chi connectivity index (χ1) is 8.65. The molecule has 0 saturated heterocycles. The van der Waals surface area contributed by atoms with Crippen LogP contribution in [0.4, 0.5) is 0 Å². The van der Waals surface area contributed by atoms with Crippen LogP contribution in [-0.4, -0.2) is 47.8 Å². The summed E-state index contributed by atoms with van der Waals surface area (Å²) in [5.74, 6) is 0.916. The maximum absolute atomic E-state index is 9.50. The number of rotatable bonds is 5. The van der Waals surface area contributed by atoms with Crippen LogP contribution in [0, 0.1) is 0 Å². The molecule has 1 aliphatic rings. The second-order valence-corrected chi connectivity index (χ2v) is 6.19. The first-order valence-electron chi connectivity index (χ1n) is 6.91. The van der Waals surface area contributed by atoms with Crippen molar-refractivity contribution in [3.05, 3.63) is 0 Å². The summed E-state index contributed by atoms with van der Waals surface area (Å²) in [5.41, 5.74) is 0. The summed E-state index contributed by atoms with van der Waals surface area (Å²) in [6, 6.07) is 0.454. The summed E-state index contributed by atoms with van der Waals surface area (Å²) < 4.78 is 0. The first kappa shape index (κ1) is 15.6. The zero-order valence-corrected chi connectivity index (χ0v) is 12.6. The molecule has 1 aliphatic carbocycles. The molecule has 1 saturated carbocycles. The summed E-state index contributed by atoms with van der Waals surface area (Å²) >= 11 is 1.84.